The second kappa shape index (κ2) is 11.0. The number of carbonyl (C=O) groups excluding carboxylic acids is 2. The van der Waals surface area contributed by atoms with E-state index in [1.807, 2.05) is 36.9 Å². The summed E-state index contributed by atoms with van der Waals surface area (Å²) in [7, 11) is 0. The van der Waals surface area contributed by atoms with E-state index in [2.05, 4.69) is 11.4 Å². The second-order valence-electron chi connectivity index (χ2n) is 10.5. The van der Waals surface area contributed by atoms with Crippen LogP contribution < -0.4 is 10.1 Å². The molecule has 1 unspecified atom stereocenters. The molecule has 2 aromatic rings. The fourth-order valence-corrected chi connectivity index (χ4v) is 5.25. The molecule has 2 N–H and O–H groups in total. The highest BCUT2D eigenvalue weighted by molar-refractivity contribution is 5.94. The molecule has 5 rings (SSSR count). The molecule has 3 amide bonds. The zero-order chi connectivity index (χ0) is 27.6. The van der Waals surface area contributed by atoms with Gasteiger partial charge in [-0.25, -0.2) is 4.79 Å². The number of nitrogens with one attached hydrogen (secondary N) is 1. The summed E-state index contributed by atoms with van der Waals surface area (Å²) in [5.41, 5.74) is 2.59. The van der Waals surface area contributed by atoms with Crippen LogP contribution in [0.4, 0.5) is 4.79 Å². The average Bonchev–Trinajstić information content (AvgIpc) is 3.44. The lowest BCUT2D eigenvalue weighted by atomic mass is 9.88. The predicted octanol–water partition coefficient (Wildman–Crippen LogP) is 3.69. The standard InChI is InChI=1S/C29H33N3O7/c1-29(2)38-24-16-32(17-25(24)39-29)26(33)18-37-23-8-4-7-22(14-23)27(34)31-11-9-20(10-12-31)21-6-3-5-19(13-21)15-30-28(35)36/h3-8,13-14,16,20,25,30H,9-12,15,17-18H2,1-2H3,(H,35,36). The minimum absolute atomic E-state index is 0.0707. The molecule has 10 nitrogen and oxygen atoms in total. The molecular formula is C29H33N3O7. The Morgan fingerprint density at radius 1 is 1.10 bits per heavy atom. The molecule has 0 aromatic heterocycles. The minimum atomic E-state index is -1.05. The lowest BCUT2D eigenvalue weighted by Crippen LogP contribution is -2.38. The van der Waals surface area contributed by atoms with Crippen molar-refractivity contribution in [1.82, 2.24) is 15.1 Å². The summed E-state index contributed by atoms with van der Waals surface area (Å²) in [5, 5.41) is 11.2. The van der Waals surface area contributed by atoms with E-state index in [0.717, 1.165) is 24.0 Å². The highest BCUT2D eigenvalue weighted by Gasteiger charge is 2.43. The minimum Gasteiger partial charge on any atom is -0.484 e. The molecule has 0 radical (unpaired) electrons. The maximum atomic E-state index is 13.2. The van der Waals surface area contributed by atoms with Gasteiger partial charge in [-0.2, -0.15) is 0 Å². The van der Waals surface area contributed by atoms with Crippen molar-refractivity contribution < 1.29 is 33.7 Å². The number of piperidine rings is 1. The maximum Gasteiger partial charge on any atom is 0.404 e. The van der Waals surface area contributed by atoms with Gasteiger partial charge in [-0.3, -0.25) is 9.59 Å². The molecular weight excluding hydrogens is 502 g/mol. The van der Waals surface area contributed by atoms with Crippen molar-refractivity contribution in [3.05, 3.63) is 77.2 Å². The maximum absolute atomic E-state index is 13.2. The molecule has 2 aromatic carbocycles. The van der Waals surface area contributed by atoms with Gasteiger partial charge in [0.2, 0.25) is 5.79 Å². The van der Waals surface area contributed by atoms with Crippen LogP contribution in [0.3, 0.4) is 0 Å². The Labute approximate surface area is 227 Å². The van der Waals surface area contributed by atoms with Crippen LogP contribution in [0.2, 0.25) is 0 Å². The van der Waals surface area contributed by atoms with Gasteiger partial charge in [-0.1, -0.05) is 30.3 Å². The molecule has 0 bridgehead atoms. The van der Waals surface area contributed by atoms with Crippen molar-refractivity contribution in [2.75, 3.05) is 26.2 Å². The van der Waals surface area contributed by atoms with E-state index >= 15 is 0 Å². The van der Waals surface area contributed by atoms with Gasteiger partial charge in [0.05, 0.1) is 6.54 Å². The molecule has 0 aliphatic carbocycles. The number of likely N-dealkylation sites (tertiary alicyclic amines) is 1. The first-order valence-electron chi connectivity index (χ1n) is 13.1. The van der Waals surface area contributed by atoms with Gasteiger partial charge in [0.15, 0.2) is 6.61 Å². The fourth-order valence-electron chi connectivity index (χ4n) is 5.25. The molecule has 2 fully saturated rings. The van der Waals surface area contributed by atoms with Gasteiger partial charge in [0.1, 0.15) is 17.6 Å². The van der Waals surface area contributed by atoms with Crippen molar-refractivity contribution in [2.24, 2.45) is 0 Å². The van der Waals surface area contributed by atoms with Gasteiger partial charge < -0.3 is 34.4 Å². The summed E-state index contributed by atoms with van der Waals surface area (Å²) in [6.07, 6.45) is 2.01. The fraction of sp³-hybridized carbons (Fsp3) is 0.414. The molecule has 10 heteroatoms. The van der Waals surface area contributed by atoms with Crippen LogP contribution in [0.5, 0.6) is 5.75 Å². The summed E-state index contributed by atoms with van der Waals surface area (Å²) in [4.78, 5) is 40.0. The topological polar surface area (TPSA) is 118 Å². The van der Waals surface area contributed by atoms with Gasteiger partial charge in [-0.15, -0.1) is 0 Å². The molecule has 3 heterocycles. The first kappa shape index (κ1) is 26.6. The van der Waals surface area contributed by atoms with Gasteiger partial charge in [-0.05, 0) is 48.1 Å². The average molecular weight is 536 g/mol. The number of hydrogen-bond acceptors (Lipinski definition) is 6. The van der Waals surface area contributed by atoms with E-state index in [1.54, 1.807) is 30.5 Å². The number of carboxylic acid groups (broad SMARTS) is 1. The molecule has 39 heavy (non-hydrogen) atoms. The number of amides is 3. The van der Waals surface area contributed by atoms with Crippen LogP contribution in [-0.2, 0) is 20.8 Å². The molecule has 3 aliphatic heterocycles. The Morgan fingerprint density at radius 2 is 1.87 bits per heavy atom. The number of carbonyl (C=O) groups is 3. The molecule has 1 atom stereocenters. The van der Waals surface area contributed by atoms with E-state index < -0.39 is 11.9 Å². The lowest BCUT2D eigenvalue weighted by molar-refractivity contribution is -0.145. The van der Waals surface area contributed by atoms with Crippen LogP contribution in [0.1, 0.15) is 54.1 Å². The molecule has 3 aliphatic rings. The first-order valence-corrected chi connectivity index (χ1v) is 13.1. The third-order valence-corrected chi connectivity index (χ3v) is 7.16. The van der Waals surface area contributed by atoms with E-state index in [1.165, 1.54) is 4.90 Å². The van der Waals surface area contributed by atoms with Crippen LogP contribution >= 0.6 is 0 Å². The Hall–Kier alpha value is -4.05. The van der Waals surface area contributed by atoms with E-state index in [9.17, 15) is 14.4 Å². The van der Waals surface area contributed by atoms with Crippen molar-refractivity contribution in [2.45, 2.75) is 51.0 Å². The molecule has 206 valence electrons. The number of rotatable bonds is 7. The monoisotopic (exact) mass is 535 g/mol. The Bertz CT molecular complexity index is 1280. The summed E-state index contributed by atoms with van der Waals surface area (Å²) < 4.78 is 17.2. The summed E-state index contributed by atoms with van der Waals surface area (Å²) in [6.45, 7) is 5.40. The Morgan fingerprint density at radius 3 is 2.62 bits per heavy atom. The summed E-state index contributed by atoms with van der Waals surface area (Å²) >= 11 is 0. The predicted molar refractivity (Wildman–Crippen MR) is 141 cm³/mol. The quantitative estimate of drug-likeness (QED) is 0.555. The largest absolute Gasteiger partial charge is 0.484 e. The molecule has 2 saturated heterocycles. The smallest absolute Gasteiger partial charge is 0.404 e. The van der Waals surface area contributed by atoms with Crippen LogP contribution in [0.25, 0.3) is 0 Å². The zero-order valence-corrected chi connectivity index (χ0v) is 22.1. The molecule has 0 spiro atoms. The normalized spacial score (nSPS) is 20.2. The van der Waals surface area contributed by atoms with Crippen molar-refractivity contribution in [3.63, 3.8) is 0 Å². The number of hydrogen-bond donors (Lipinski definition) is 2. The van der Waals surface area contributed by atoms with Crippen LogP contribution in [0.15, 0.2) is 60.5 Å². The van der Waals surface area contributed by atoms with Gasteiger partial charge >= 0.3 is 6.09 Å². The number of benzene rings is 2. The lowest BCUT2D eigenvalue weighted by Gasteiger charge is -2.32. The van der Waals surface area contributed by atoms with E-state index in [4.69, 9.17) is 19.3 Å². The second-order valence-corrected chi connectivity index (χ2v) is 10.5. The summed E-state index contributed by atoms with van der Waals surface area (Å²) in [6, 6.07) is 14.8. The molecule has 0 saturated carbocycles. The highest BCUT2D eigenvalue weighted by atomic mass is 16.7. The van der Waals surface area contributed by atoms with E-state index in [0.29, 0.717) is 42.6 Å². The number of ether oxygens (including phenoxy) is 3. The number of nitrogens with zero attached hydrogens (tertiary/aromatic N) is 2. The van der Waals surface area contributed by atoms with E-state index in [-0.39, 0.29) is 31.1 Å². The SMILES string of the molecule is CC1(C)OC2=CN(C(=O)COc3cccc(C(=O)N4CCC(c5cccc(CNC(=O)O)c5)CC4)c3)CC2O1. The van der Waals surface area contributed by atoms with Crippen molar-refractivity contribution in [3.8, 4) is 5.75 Å². The van der Waals surface area contributed by atoms with Crippen LogP contribution in [0, 0.1) is 0 Å². The van der Waals surface area contributed by atoms with Gasteiger partial charge in [0.25, 0.3) is 11.8 Å². The summed E-state index contributed by atoms with van der Waals surface area (Å²) in [5.74, 6) is 0.434. The van der Waals surface area contributed by atoms with Gasteiger partial charge in [0, 0.05) is 45.2 Å². The third kappa shape index (κ3) is 6.34. The van der Waals surface area contributed by atoms with Crippen molar-refractivity contribution >= 4 is 17.9 Å². The first-order chi connectivity index (χ1) is 18.7. The van der Waals surface area contributed by atoms with Crippen molar-refractivity contribution in [1.29, 1.82) is 0 Å². The zero-order valence-electron chi connectivity index (χ0n) is 22.1. The third-order valence-electron chi connectivity index (χ3n) is 7.16. The van der Waals surface area contributed by atoms with Crippen LogP contribution in [-0.4, -0.2) is 70.9 Å². The Balaban J connectivity index is 1.12. The number of fused-ring (bicyclic) bond motifs is 1. The Kier molecular flexibility index (Phi) is 7.47. The highest BCUT2D eigenvalue weighted by Crippen LogP contribution is 2.35.